The molecule has 5 heteroatoms. The molecule has 1 aromatic heterocycles. The normalized spacial score (nSPS) is 10.7. The van der Waals surface area contributed by atoms with Crippen molar-refractivity contribution >= 4 is 28.3 Å². The SMILES string of the molecule is CCCc1cc(=O)[nH]c2cc(NC(=O)c3ccccc3C(=O)c3ccccc3)ccc12. The van der Waals surface area contributed by atoms with E-state index in [-0.39, 0.29) is 17.2 Å². The van der Waals surface area contributed by atoms with Gasteiger partial charge in [0.2, 0.25) is 5.56 Å². The van der Waals surface area contributed by atoms with Crippen molar-refractivity contribution in [3.63, 3.8) is 0 Å². The van der Waals surface area contributed by atoms with E-state index in [9.17, 15) is 14.4 Å². The molecule has 4 rings (SSSR count). The molecule has 4 aromatic rings. The molecule has 0 aliphatic heterocycles. The number of anilines is 1. The standard InChI is InChI=1S/C26H22N2O3/c1-2-8-18-15-24(29)28-23-16-19(13-14-20(18)23)27-26(31)22-12-7-6-11-21(22)25(30)17-9-4-3-5-10-17/h3-7,9-16H,2,8H2,1H3,(H,27,31)(H,28,29). The summed E-state index contributed by atoms with van der Waals surface area (Å²) in [5, 5.41) is 3.81. The van der Waals surface area contributed by atoms with Crippen LogP contribution in [0.4, 0.5) is 5.69 Å². The van der Waals surface area contributed by atoms with E-state index < -0.39 is 0 Å². The molecule has 5 nitrogen and oxygen atoms in total. The number of aromatic amines is 1. The van der Waals surface area contributed by atoms with Crippen LogP contribution < -0.4 is 10.9 Å². The average Bonchev–Trinajstić information content (AvgIpc) is 2.79. The highest BCUT2D eigenvalue weighted by atomic mass is 16.2. The van der Waals surface area contributed by atoms with Gasteiger partial charge in [-0.05, 0) is 30.2 Å². The number of aromatic nitrogens is 1. The molecule has 1 amide bonds. The largest absolute Gasteiger partial charge is 0.322 e. The monoisotopic (exact) mass is 410 g/mol. The van der Waals surface area contributed by atoms with Crippen LogP contribution >= 0.6 is 0 Å². The van der Waals surface area contributed by atoms with Crippen LogP contribution in [0, 0.1) is 0 Å². The summed E-state index contributed by atoms with van der Waals surface area (Å²) < 4.78 is 0. The maximum absolute atomic E-state index is 13.0. The van der Waals surface area contributed by atoms with Gasteiger partial charge < -0.3 is 10.3 Å². The van der Waals surface area contributed by atoms with Gasteiger partial charge in [-0.15, -0.1) is 0 Å². The summed E-state index contributed by atoms with van der Waals surface area (Å²) >= 11 is 0. The van der Waals surface area contributed by atoms with Gasteiger partial charge in [-0.3, -0.25) is 14.4 Å². The highest BCUT2D eigenvalue weighted by Gasteiger charge is 2.18. The maximum atomic E-state index is 13.0. The third-order valence-electron chi connectivity index (χ3n) is 5.16. The number of rotatable bonds is 6. The lowest BCUT2D eigenvalue weighted by molar-refractivity contribution is 0.0996. The lowest BCUT2D eigenvalue weighted by Crippen LogP contribution is -2.17. The Bertz CT molecular complexity index is 1320. The predicted octanol–water partition coefficient (Wildman–Crippen LogP) is 4.96. The fourth-order valence-electron chi connectivity index (χ4n) is 3.71. The Morgan fingerprint density at radius 1 is 0.871 bits per heavy atom. The van der Waals surface area contributed by atoms with Gasteiger partial charge in [0, 0.05) is 28.3 Å². The first kappa shape index (κ1) is 20.3. The van der Waals surface area contributed by atoms with E-state index in [4.69, 9.17) is 0 Å². The van der Waals surface area contributed by atoms with E-state index in [1.807, 2.05) is 12.1 Å². The summed E-state index contributed by atoms with van der Waals surface area (Å²) in [5.41, 5.74) is 3.19. The fraction of sp³-hybridized carbons (Fsp3) is 0.115. The molecule has 0 atom stereocenters. The first-order chi connectivity index (χ1) is 15.1. The van der Waals surface area contributed by atoms with Gasteiger partial charge in [0.15, 0.2) is 5.78 Å². The number of amides is 1. The summed E-state index contributed by atoms with van der Waals surface area (Å²) in [6, 6.07) is 22.7. The minimum Gasteiger partial charge on any atom is -0.322 e. The zero-order valence-electron chi connectivity index (χ0n) is 17.1. The van der Waals surface area contributed by atoms with Gasteiger partial charge >= 0.3 is 0 Å². The number of pyridine rings is 1. The van der Waals surface area contributed by atoms with E-state index >= 15 is 0 Å². The predicted molar refractivity (Wildman–Crippen MR) is 123 cm³/mol. The first-order valence-electron chi connectivity index (χ1n) is 10.2. The third kappa shape index (κ3) is 4.31. The Labute approximate surface area is 179 Å². The molecule has 0 aliphatic carbocycles. The Morgan fingerprint density at radius 2 is 1.58 bits per heavy atom. The number of ketones is 1. The molecular formula is C26H22N2O3. The number of fused-ring (bicyclic) bond motifs is 1. The zero-order valence-corrected chi connectivity index (χ0v) is 17.1. The van der Waals surface area contributed by atoms with Crippen LogP contribution in [0.3, 0.4) is 0 Å². The van der Waals surface area contributed by atoms with Gasteiger partial charge in [-0.2, -0.15) is 0 Å². The maximum Gasteiger partial charge on any atom is 0.256 e. The summed E-state index contributed by atoms with van der Waals surface area (Å²) in [5.74, 6) is -0.593. The van der Waals surface area contributed by atoms with E-state index in [0.29, 0.717) is 27.9 Å². The molecule has 0 spiro atoms. The lowest BCUT2D eigenvalue weighted by atomic mass is 9.98. The highest BCUT2D eigenvalue weighted by Crippen LogP contribution is 2.22. The van der Waals surface area contributed by atoms with Crippen LogP contribution in [0.5, 0.6) is 0 Å². The van der Waals surface area contributed by atoms with Crippen molar-refractivity contribution in [1.82, 2.24) is 4.98 Å². The molecule has 0 saturated carbocycles. The van der Waals surface area contributed by atoms with Gasteiger partial charge in [0.1, 0.15) is 0 Å². The van der Waals surface area contributed by atoms with Crippen molar-refractivity contribution in [3.8, 4) is 0 Å². The summed E-state index contributed by atoms with van der Waals surface area (Å²) in [7, 11) is 0. The molecule has 3 aromatic carbocycles. The second-order valence-electron chi connectivity index (χ2n) is 7.36. The minimum absolute atomic E-state index is 0.168. The minimum atomic E-state index is -0.383. The van der Waals surface area contributed by atoms with Gasteiger partial charge in [0.25, 0.3) is 5.91 Å². The van der Waals surface area contributed by atoms with Crippen molar-refractivity contribution in [2.24, 2.45) is 0 Å². The number of aryl methyl sites for hydroxylation is 1. The molecule has 0 fully saturated rings. The molecule has 2 N–H and O–H groups in total. The van der Waals surface area contributed by atoms with Crippen molar-refractivity contribution in [2.45, 2.75) is 19.8 Å². The van der Waals surface area contributed by atoms with Gasteiger partial charge in [-0.25, -0.2) is 0 Å². The number of nitrogens with one attached hydrogen (secondary N) is 2. The second kappa shape index (κ2) is 8.79. The second-order valence-corrected chi connectivity index (χ2v) is 7.36. The number of hydrogen-bond donors (Lipinski definition) is 2. The average molecular weight is 410 g/mol. The molecule has 0 saturated heterocycles. The van der Waals surface area contributed by atoms with Crippen LogP contribution in [0.25, 0.3) is 10.9 Å². The van der Waals surface area contributed by atoms with E-state index in [2.05, 4.69) is 17.2 Å². The number of benzene rings is 3. The van der Waals surface area contributed by atoms with Crippen molar-refractivity contribution in [3.05, 3.63) is 111 Å². The van der Waals surface area contributed by atoms with Crippen LogP contribution in [-0.2, 0) is 6.42 Å². The van der Waals surface area contributed by atoms with E-state index in [1.54, 1.807) is 66.7 Å². The Balaban J connectivity index is 1.66. The van der Waals surface area contributed by atoms with Crippen molar-refractivity contribution in [2.75, 3.05) is 5.32 Å². The molecule has 0 unspecified atom stereocenters. The zero-order chi connectivity index (χ0) is 21.8. The number of H-pyrrole nitrogens is 1. The van der Waals surface area contributed by atoms with Crippen molar-refractivity contribution < 1.29 is 9.59 Å². The number of carbonyl (C=O) groups excluding carboxylic acids is 2. The molecular weight excluding hydrogens is 388 g/mol. The van der Waals surface area contributed by atoms with Crippen LogP contribution in [0.15, 0.2) is 83.7 Å². The third-order valence-corrected chi connectivity index (χ3v) is 5.16. The van der Waals surface area contributed by atoms with E-state index in [0.717, 1.165) is 23.8 Å². The molecule has 31 heavy (non-hydrogen) atoms. The molecule has 0 bridgehead atoms. The lowest BCUT2D eigenvalue weighted by Gasteiger charge is -2.11. The number of hydrogen-bond acceptors (Lipinski definition) is 3. The molecule has 0 radical (unpaired) electrons. The summed E-state index contributed by atoms with van der Waals surface area (Å²) in [6.45, 7) is 2.07. The summed E-state index contributed by atoms with van der Waals surface area (Å²) in [6.07, 6.45) is 1.74. The van der Waals surface area contributed by atoms with Crippen molar-refractivity contribution in [1.29, 1.82) is 0 Å². The van der Waals surface area contributed by atoms with Gasteiger partial charge in [-0.1, -0.05) is 67.9 Å². The quantitative estimate of drug-likeness (QED) is 0.441. The topological polar surface area (TPSA) is 79.0 Å². The Kier molecular flexibility index (Phi) is 5.76. The number of carbonyl (C=O) groups is 2. The van der Waals surface area contributed by atoms with E-state index in [1.165, 1.54) is 0 Å². The van der Waals surface area contributed by atoms with Crippen LogP contribution in [0.1, 0.15) is 45.2 Å². The van der Waals surface area contributed by atoms with Crippen LogP contribution in [0.2, 0.25) is 0 Å². The fourth-order valence-corrected chi connectivity index (χ4v) is 3.71. The Hall–Kier alpha value is -3.99. The van der Waals surface area contributed by atoms with Crippen LogP contribution in [-0.4, -0.2) is 16.7 Å². The first-order valence-corrected chi connectivity index (χ1v) is 10.2. The molecule has 0 aliphatic rings. The molecule has 1 heterocycles. The smallest absolute Gasteiger partial charge is 0.256 e. The van der Waals surface area contributed by atoms with Gasteiger partial charge in [0.05, 0.1) is 11.1 Å². The molecule has 154 valence electrons. The highest BCUT2D eigenvalue weighted by molar-refractivity contribution is 6.17. The summed E-state index contributed by atoms with van der Waals surface area (Å²) in [4.78, 5) is 40.8. The Morgan fingerprint density at radius 3 is 2.32 bits per heavy atom.